The third-order valence-electron chi connectivity index (χ3n) is 12.5. The lowest BCUT2D eigenvalue weighted by molar-refractivity contribution is 0.471. The normalized spacial score (nSPS) is 12.9. The summed E-state index contributed by atoms with van der Waals surface area (Å²) in [6.07, 6.45) is 3.86. The zero-order valence-electron chi connectivity index (χ0n) is 32.2. The fourth-order valence-corrected chi connectivity index (χ4v) is 10.1. The molecule has 0 saturated heterocycles. The highest BCUT2D eigenvalue weighted by Gasteiger charge is 2.44. The molecule has 11 aromatic rings. The Hall–Kier alpha value is -7.83. The van der Waals surface area contributed by atoms with Crippen LogP contribution in [-0.4, -0.2) is 32.5 Å². The predicted octanol–water partition coefficient (Wildman–Crippen LogP) is 7.91. The molecule has 2 aliphatic rings. The van der Waals surface area contributed by atoms with Crippen LogP contribution in [0.3, 0.4) is 0 Å². The van der Waals surface area contributed by atoms with Crippen molar-refractivity contribution in [3.8, 4) is 34.6 Å². The molecule has 0 N–H and O–H groups in total. The Morgan fingerprint density at radius 2 is 0.683 bits per heavy atom. The number of ether oxygens (including phenoxy) is 2. The summed E-state index contributed by atoms with van der Waals surface area (Å²) >= 11 is 0. The van der Waals surface area contributed by atoms with Gasteiger partial charge in [-0.25, -0.2) is 9.97 Å². The van der Waals surface area contributed by atoms with E-state index in [1.807, 2.05) is 12.4 Å². The number of nitrogens with zero attached hydrogens (tertiary/aromatic N) is 4. The van der Waals surface area contributed by atoms with Gasteiger partial charge in [-0.1, -0.05) is 144 Å². The van der Waals surface area contributed by atoms with Gasteiger partial charge in [-0.05, 0) is 70.4 Å². The van der Waals surface area contributed by atoms with Gasteiger partial charge in [0.05, 0.1) is 22.1 Å². The summed E-state index contributed by atoms with van der Waals surface area (Å²) in [5, 5.41) is 4.70. The zero-order valence-corrected chi connectivity index (χ0v) is 32.2. The Labute approximate surface area is 346 Å². The van der Waals surface area contributed by atoms with Gasteiger partial charge in [-0.15, -0.1) is 0 Å². The van der Waals surface area contributed by atoms with Gasteiger partial charge in [0.25, 0.3) is 13.4 Å². The van der Waals surface area contributed by atoms with Gasteiger partial charge in [0.1, 0.15) is 11.5 Å². The molecule has 0 saturated carbocycles. The largest absolute Gasteiger partial charge is 0.455 e. The highest BCUT2D eigenvalue weighted by molar-refractivity contribution is 7.05. The average molecular weight is 766 g/mol. The molecule has 0 spiro atoms. The highest BCUT2D eigenvalue weighted by atomic mass is 16.5. The summed E-state index contributed by atoms with van der Waals surface area (Å²) in [5.41, 5.74) is 10.9. The molecule has 0 atom stereocenters. The van der Waals surface area contributed by atoms with Crippen LogP contribution in [0.25, 0.3) is 55.2 Å². The number of rotatable bonds is 4. The van der Waals surface area contributed by atoms with E-state index in [9.17, 15) is 0 Å². The van der Waals surface area contributed by atoms with Gasteiger partial charge < -0.3 is 9.47 Å². The van der Waals surface area contributed by atoms with E-state index in [0.29, 0.717) is 0 Å². The summed E-state index contributed by atoms with van der Waals surface area (Å²) in [5.74, 6) is 4.59. The first-order valence-corrected chi connectivity index (χ1v) is 20.4. The molecule has 0 aliphatic carbocycles. The first kappa shape index (κ1) is 33.2. The van der Waals surface area contributed by atoms with E-state index < -0.39 is 0 Å². The zero-order chi connectivity index (χ0) is 39.3. The highest BCUT2D eigenvalue weighted by Crippen LogP contribution is 2.40. The first-order chi connectivity index (χ1) is 29.8. The van der Waals surface area contributed by atoms with Gasteiger partial charge >= 0.3 is 0 Å². The van der Waals surface area contributed by atoms with Crippen molar-refractivity contribution in [2.75, 3.05) is 0 Å². The number of benzene rings is 7. The Kier molecular flexibility index (Phi) is 7.10. The molecular weight excluding hydrogens is 734 g/mol. The second kappa shape index (κ2) is 12.8. The van der Waals surface area contributed by atoms with Crippen LogP contribution < -0.4 is 42.3 Å². The molecule has 8 heteroatoms. The minimum Gasteiger partial charge on any atom is -0.455 e. The molecule has 0 bridgehead atoms. The van der Waals surface area contributed by atoms with Crippen molar-refractivity contribution in [1.29, 1.82) is 0 Å². The molecule has 6 nitrogen and oxygen atoms in total. The van der Waals surface area contributed by atoms with Crippen LogP contribution in [0.15, 0.2) is 194 Å². The molecule has 6 heterocycles. The molecule has 60 heavy (non-hydrogen) atoms. The van der Waals surface area contributed by atoms with Gasteiger partial charge in [-0.2, -0.15) is 0 Å². The molecule has 0 unspecified atom stereocenters. The maximum absolute atomic E-state index is 7.24. The van der Waals surface area contributed by atoms with E-state index in [0.717, 1.165) is 89.5 Å². The van der Waals surface area contributed by atoms with Gasteiger partial charge in [0, 0.05) is 33.9 Å². The summed E-state index contributed by atoms with van der Waals surface area (Å²) in [7, 11) is 0. The van der Waals surface area contributed by atoms with Crippen LogP contribution in [-0.2, 0) is 0 Å². The standard InChI is InChI=1S/C52H32B2N4O2/c1-3-15-33(16-4-1)53-39-29-31-55-51(57-41-23-11-7-19-35(41)36-20-8-12-24-42(36)57)49(39)59-45-27-28-46-48(47(45)53)54(34-17-5-2-6-18-34)40-30-32-56-52(50(40)60-46)58-43-25-13-9-21-37(43)38-22-10-14-26-44(38)58/h1-32H. The number of fused-ring (bicyclic) bond motifs is 11. The van der Waals surface area contributed by atoms with E-state index >= 15 is 0 Å². The van der Waals surface area contributed by atoms with Crippen molar-refractivity contribution in [3.05, 3.63) is 194 Å². The molecule has 4 aromatic heterocycles. The third-order valence-corrected chi connectivity index (χ3v) is 12.5. The van der Waals surface area contributed by atoms with E-state index in [-0.39, 0.29) is 13.4 Å². The number of hydrogen-bond acceptors (Lipinski definition) is 4. The lowest BCUT2D eigenvalue weighted by Gasteiger charge is -2.35. The topological polar surface area (TPSA) is 54.1 Å². The quantitative estimate of drug-likeness (QED) is 0.171. The molecule has 0 radical (unpaired) electrons. The van der Waals surface area contributed by atoms with Gasteiger partial charge in [0.2, 0.25) is 0 Å². The minimum atomic E-state index is -0.190. The van der Waals surface area contributed by atoms with Crippen molar-refractivity contribution < 1.29 is 9.47 Å². The molecule has 0 fully saturated rings. The van der Waals surface area contributed by atoms with E-state index in [1.165, 1.54) is 21.5 Å². The van der Waals surface area contributed by atoms with Crippen LogP contribution in [0.1, 0.15) is 0 Å². The number of para-hydroxylation sites is 4. The third kappa shape index (κ3) is 4.67. The van der Waals surface area contributed by atoms with Crippen LogP contribution in [0.2, 0.25) is 0 Å². The first-order valence-electron chi connectivity index (χ1n) is 20.4. The summed E-state index contributed by atoms with van der Waals surface area (Å²) in [4.78, 5) is 10.2. The van der Waals surface area contributed by atoms with Crippen molar-refractivity contribution in [3.63, 3.8) is 0 Å². The van der Waals surface area contributed by atoms with E-state index in [2.05, 4.69) is 191 Å². The molecule has 2 aliphatic heterocycles. The second-order valence-corrected chi connectivity index (χ2v) is 15.6. The van der Waals surface area contributed by atoms with Crippen molar-refractivity contribution >= 4 is 89.8 Å². The van der Waals surface area contributed by atoms with Crippen molar-refractivity contribution in [2.45, 2.75) is 0 Å². The molecular formula is C52H32B2N4O2. The Balaban J connectivity index is 1.07. The van der Waals surface area contributed by atoms with Gasteiger partial charge in [0.15, 0.2) is 23.1 Å². The Morgan fingerprint density at radius 3 is 1.05 bits per heavy atom. The minimum absolute atomic E-state index is 0.190. The monoisotopic (exact) mass is 766 g/mol. The predicted molar refractivity (Wildman–Crippen MR) is 246 cm³/mol. The lowest BCUT2D eigenvalue weighted by atomic mass is 9.27. The maximum Gasteiger partial charge on any atom is 0.250 e. The van der Waals surface area contributed by atoms with E-state index in [1.54, 1.807) is 0 Å². The summed E-state index contributed by atoms with van der Waals surface area (Å²) < 4.78 is 19.0. The summed E-state index contributed by atoms with van der Waals surface area (Å²) in [6, 6.07) is 64.1. The number of pyridine rings is 2. The van der Waals surface area contributed by atoms with Crippen LogP contribution in [0.4, 0.5) is 0 Å². The Morgan fingerprint density at radius 1 is 0.350 bits per heavy atom. The second-order valence-electron chi connectivity index (χ2n) is 15.6. The number of hydrogen-bond donors (Lipinski definition) is 0. The summed E-state index contributed by atoms with van der Waals surface area (Å²) in [6.45, 7) is -0.380. The maximum atomic E-state index is 7.24. The smallest absolute Gasteiger partial charge is 0.250 e. The fourth-order valence-electron chi connectivity index (χ4n) is 10.1. The van der Waals surface area contributed by atoms with Gasteiger partial charge in [-0.3, -0.25) is 9.13 Å². The van der Waals surface area contributed by atoms with E-state index in [4.69, 9.17) is 19.4 Å². The Bertz CT molecular complexity index is 3190. The van der Waals surface area contributed by atoms with Crippen LogP contribution >= 0.6 is 0 Å². The average Bonchev–Trinajstić information content (AvgIpc) is 3.83. The van der Waals surface area contributed by atoms with Crippen LogP contribution in [0.5, 0.6) is 23.0 Å². The fraction of sp³-hybridized carbons (Fsp3) is 0. The van der Waals surface area contributed by atoms with Crippen LogP contribution in [0, 0.1) is 0 Å². The number of aromatic nitrogens is 4. The molecule has 0 amide bonds. The molecule has 278 valence electrons. The lowest BCUT2D eigenvalue weighted by Crippen LogP contribution is -2.67. The van der Waals surface area contributed by atoms with Crippen molar-refractivity contribution in [1.82, 2.24) is 19.1 Å². The molecule has 7 aromatic carbocycles. The SMILES string of the molecule is c1ccc(B2c3ccnc(-n4c5ccccc5c5ccccc54)c3Oc3ccc4c(c32)B(c2ccccc2)c2ccnc(-n3c5ccccc5c5ccccc53)c2O4)cc1. The molecule has 13 rings (SSSR count). The van der Waals surface area contributed by atoms with Crippen molar-refractivity contribution in [2.24, 2.45) is 0 Å².